The van der Waals surface area contributed by atoms with Gasteiger partial charge in [-0.1, -0.05) is 12.1 Å². The van der Waals surface area contributed by atoms with Gasteiger partial charge in [0, 0.05) is 6.42 Å². The minimum Gasteiger partial charge on any atom is -0.459 e. The Kier molecular flexibility index (Phi) is 7.10. The number of guanidine groups is 1. The second kappa shape index (κ2) is 9.96. The van der Waals surface area contributed by atoms with E-state index in [1.807, 2.05) is 0 Å². The molecule has 32 heavy (non-hydrogen) atoms. The molecule has 0 saturated heterocycles. The SMILES string of the molecule is C[C@H](Cc1ncc(F)cn1)S(=O)(=O)/N=C(\NNC(=O)c1ccco1)Nc1ccccc1F. The Bertz CT molecular complexity index is 1200. The van der Waals surface area contributed by atoms with Crippen LogP contribution in [0.2, 0.25) is 0 Å². The summed E-state index contributed by atoms with van der Waals surface area (Å²) in [6, 6.07) is 8.36. The van der Waals surface area contributed by atoms with Crippen molar-refractivity contribution in [1.82, 2.24) is 20.8 Å². The van der Waals surface area contributed by atoms with Crippen molar-refractivity contribution in [2.75, 3.05) is 5.32 Å². The number of carbonyl (C=O) groups is 1. The molecule has 0 fully saturated rings. The third-order valence-electron chi connectivity index (χ3n) is 4.04. The van der Waals surface area contributed by atoms with Gasteiger partial charge >= 0.3 is 5.91 Å². The van der Waals surface area contributed by atoms with Crippen LogP contribution in [0.1, 0.15) is 23.3 Å². The summed E-state index contributed by atoms with van der Waals surface area (Å²) in [5, 5.41) is 1.37. The number of hydrogen-bond acceptors (Lipinski definition) is 6. The number of nitrogens with one attached hydrogen (secondary N) is 3. The molecule has 3 rings (SSSR count). The summed E-state index contributed by atoms with van der Waals surface area (Å²) in [5.74, 6) is -2.47. The normalized spacial score (nSPS) is 12.8. The standard InChI is InChI=1S/C19H18F2N6O4S/c1-12(9-17-22-10-13(20)11-23-17)32(29,30)27-19(24-15-6-3-2-5-14(15)21)26-25-18(28)16-7-4-8-31-16/h2-8,10-12H,9H2,1H3,(H,25,28)(H2,24,26,27)/t12-/m1/s1. The number of sulfonamides is 1. The molecule has 0 spiro atoms. The van der Waals surface area contributed by atoms with E-state index in [-0.39, 0.29) is 23.7 Å². The molecule has 0 aliphatic heterocycles. The summed E-state index contributed by atoms with van der Waals surface area (Å²) in [5.41, 5.74) is 4.44. The third kappa shape index (κ3) is 6.07. The first-order valence-electron chi connectivity index (χ1n) is 9.16. The number of hydrogen-bond donors (Lipinski definition) is 3. The van der Waals surface area contributed by atoms with Crippen molar-refractivity contribution >= 4 is 27.6 Å². The highest BCUT2D eigenvalue weighted by Crippen LogP contribution is 2.14. The molecule has 2 aromatic heterocycles. The lowest BCUT2D eigenvalue weighted by Gasteiger charge is -2.15. The fraction of sp³-hybridized carbons (Fsp3) is 0.158. The minimum atomic E-state index is -4.21. The largest absolute Gasteiger partial charge is 0.459 e. The molecular weight excluding hydrogens is 446 g/mol. The molecule has 13 heteroatoms. The van der Waals surface area contributed by atoms with Crippen molar-refractivity contribution < 1.29 is 26.4 Å². The number of aromatic nitrogens is 2. The molecule has 2 heterocycles. The van der Waals surface area contributed by atoms with Gasteiger partial charge in [-0.15, -0.1) is 4.40 Å². The molecule has 0 saturated carbocycles. The van der Waals surface area contributed by atoms with Crippen molar-refractivity contribution in [3.63, 3.8) is 0 Å². The van der Waals surface area contributed by atoms with Gasteiger partial charge in [-0.3, -0.25) is 15.6 Å². The number of anilines is 1. The van der Waals surface area contributed by atoms with Crippen LogP contribution in [0, 0.1) is 11.6 Å². The number of amides is 1. The summed E-state index contributed by atoms with van der Waals surface area (Å²) in [7, 11) is -4.21. The van der Waals surface area contributed by atoms with Gasteiger partial charge in [0.05, 0.1) is 29.6 Å². The Hall–Kier alpha value is -3.87. The van der Waals surface area contributed by atoms with E-state index in [1.54, 1.807) is 0 Å². The summed E-state index contributed by atoms with van der Waals surface area (Å²) in [6.07, 6.45) is 2.96. The number of hydrazine groups is 1. The maximum Gasteiger partial charge on any atom is 0.305 e. The van der Waals surface area contributed by atoms with Crippen LogP contribution in [-0.4, -0.2) is 35.5 Å². The van der Waals surface area contributed by atoms with Gasteiger partial charge in [0.25, 0.3) is 10.0 Å². The summed E-state index contributed by atoms with van der Waals surface area (Å²) < 4.78 is 61.1. The molecule has 0 unspecified atom stereocenters. The van der Waals surface area contributed by atoms with Gasteiger partial charge in [-0.05, 0) is 31.2 Å². The van der Waals surface area contributed by atoms with Gasteiger partial charge in [0.15, 0.2) is 11.6 Å². The number of carbonyl (C=O) groups excluding carboxylic acids is 1. The molecule has 3 N–H and O–H groups in total. The lowest BCUT2D eigenvalue weighted by Crippen LogP contribution is -2.45. The first kappa shape index (κ1) is 22.8. The van der Waals surface area contributed by atoms with Crippen molar-refractivity contribution in [3.05, 3.63) is 78.3 Å². The van der Waals surface area contributed by atoms with E-state index in [2.05, 4.69) is 30.5 Å². The molecule has 0 aliphatic rings. The molecule has 3 aromatic rings. The molecular formula is C19H18F2N6O4S. The average Bonchev–Trinajstić information content (AvgIpc) is 3.30. The predicted molar refractivity (Wildman–Crippen MR) is 111 cm³/mol. The molecule has 10 nitrogen and oxygen atoms in total. The van der Waals surface area contributed by atoms with Crippen LogP contribution in [0.4, 0.5) is 14.5 Å². The average molecular weight is 464 g/mol. The summed E-state index contributed by atoms with van der Waals surface area (Å²) in [4.78, 5) is 19.5. The van der Waals surface area contributed by atoms with E-state index in [0.717, 1.165) is 18.5 Å². The van der Waals surface area contributed by atoms with Crippen LogP contribution in [0.5, 0.6) is 0 Å². The Morgan fingerprint density at radius 3 is 2.50 bits per heavy atom. The molecule has 1 aromatic carbocycles. The van der Waals surface area contributed by atoms with Crippen molar-refractivity contribution in [2.45, 2.75) is 18.6 Å². The topological polar surface area (TPSA) is 139 Å². The van der Waals surface area contributed by atoms with Gasteiger partial charge in [-0.2, -0.15) is 0 Å². The van der Waals surface area contributed by atoms with Crippen LogP contribution in [0.25, 0.3) is 0 Å². The van der Waals surface area contributed by atoms with E-state index in [4.69, 9.17) is 4.42 Å². The zero-order valence-electron chi connectivity index (χ0n) is 16.6. The van der Waals surface area contributed by atoms with Gasteiger partial charge in [0.2, 0.25) is 5.96 Å². The smallest absolute Gasteiger partial charge is 0.305 e. The molecule has 1 amide bonds. The van der Waals surface area contributed by atoms with Crippen molar-refractivity contribution in [1.29, 1.82) is 0 Å². The Morgan fingerprint density at radius 2 is 1.84 bits per heavy atom. The van der Waals surface area contributed by atoms with E-state index in [9.17, 15) is 22.0 Å². The van der Waals surface area contributed by atoms with Crippen LogP contribution in [0.3, 0.4) is 0 Å². The van der Waals surface area contributed by atoms with Crippen molar-refractivity contribution in [3.8, 4) is 0 Å². The fourth-order valence-corrected chi connectivity index (χ4v) is 3.26. The number of benzene rings is 1. The molecule has 0 bridgehead atoms. The Balaban J connectivity index is 1.81. The lowest BCUT2D eigenvalue weighted by atomic mass is 10.3. The lowest BCUT2D eigenvalue weighted by molar-refractivity contribution is 0.0916. The zero-order chi connectivity index (χ0) is 23.1. The van der Waals surface area contributed by atoms with Crippen LogP contribution < -0.4 is 16.2 Å². The van der Waals surface area contributed by atoms with E-state index >= 15 is 0 Å². The molecule has 0 radical (unpaired) electrons. The first-order chi connectivity index (χ1) is 15.2. The summed E-state index contributed by atoms with van der Waals surface area (Å²) in [6.45, 7) is 1.35. The number of nitrogens with zero attached hydrogens (tertiary/aromatic N) is 3. The minimum absolute atomic E-state index is 0.0487. The quantitative estimate of drug-likeness (QED) is 0.286. The molecule has 168 valence electrons. The highest BCUT2D eigenvalue weighted by molar-refractivity contribution is 7.90. The van der Waals surface area contributed by atoms with E-state index < -0.39 is 38.8 Å². The number of para-hydroxylation sites is 1. The van der Waals surface area contributed by atoms with Gasteiger partial charge in [0.1, 0.15) is 11.6 Å². The van der Waals surface area contributed by atoms with Gasteiger partial charge < -0.3 is 9.73 Å². The van der Waals surface area contributed by atoms with E-state index in [1.165, 1.54) is 43.5 Å². The number of halogens is 2. The van der Waals surface area contributed by atoms with Gasteiger partial charge in [-0.25, -0.2) is 27.2 Å². The van der Waals surface area contributed by atoms with E-state index in [0.29, 0.717) is 0 Å². The molecule has 1 atom stereocenters. The predicted octanol–water partition coefficient (Wildman–Crippen LogP) is 2.01. The maximum absolute atomic E-state index is 14.0. The van der Waals surface area contributed by atoms with Crippen LogP contribution >= 0.6 is 0 Å². The first-order valence-corrected chi connectivity index (χ1v) is 10.7. The second-order valence-corrected chi connectivity index (χ2v) is 8.47. The number of furan rings is 1. The monoisotopic (exact) mass is 464 g/mol. The Labute approximate surface area is 181 Å². The highest BCUT2D eigenvalue weighted by atomic mass is 32.2. The van der Waals surface area contributed by atoms with Crippen molar-refractivity contribution in [2.24, 2.45) is 4.40 Å². The highest BCUT2D eigenvalue weighted by Gasteiger charge is 2.23. The molecule has 0 aliphatic carbocycles. The third-order valence-corrected chi connectivity index (χ3v) is 5.66. The van der Waals surface area contributed by atoms with Crippen LogP contribution in [-0.2, 0) is 16.4 Å². The van der Waals surface area contributed by atoms with Crippen LogP contribution in [0.15, 0.2) is 63.9 Å². The second-order valence-electron chi connectivity index (χ2n) is 6.45. The summed E-state index contributed by atoms with van der Waals surface area (Å²) >= 11 is 0. The zero-order valence-corrected chi connectivity index (χ0v) is 17.4. The Morgan fingerprint density at radius 1 is 1.12 bits per heavy atom. The fourth-order valence-electron chi connectivity index (χ4n) is 2.38. The maximum atomic E-state index is 14.0. The number of rotatable bonds is 6.